The summed E-state index contributed by atoms with van der Waals surface area (Å²) in [6.45, 7) is 0.579. The highest BCUT2D eigenvalue weighted by molar-refractivity contribution is 5.37. The molecule has 0 radical (unpaired) electrons. The molecule has 0 bridgehead atoms. The average Bonchev–Trinajstić information content (AvgIpc) is 3.05. The minimum absolute atomic E-state index is 0.0136. The number of hydrogen-bond acceptors (Lipinski definition) is 2. The van der Waals surface area contributed by atoms with Gasteiger partial charge in [-0.05, 0) is 42.9 Å². The highest BCUT2D eigenvalue weighted by Crippen LogP contribution is 2.48. The molecule has 2 rings (SSSR count). The fourth-order valence-corrected chi connectivity index (χ4v) is 1.97. The molecule has 1 saturated carbocycles. The molecule has 2 nitrogen and oxygen atoms in total. The van der Waals surface area contributed by atoms with Crippen LogP contribution in [0.3, 0.4) is 0 Å². The Morgan fingerprint density at radius 1 is 1.38 bits per heavy atom. The summed E-state index contributed by atoms with van der Waals surface area (Å²) >= 11 is 0. The van der Waals surface area contributed by atoms with Gasteiger partial charge in [-0.15, -0.1) is 0 Å². The first-order valence-electron chi connectivity index (χ1n) is 5.33. The molecule has 0 saturated heterocycles. The van der Waals surface area contributed by atoms with Gasteiger partial charge in [0.2, 0.25) is 5.82 Å². The van der Waals surface area contributed by atoms with E-state index in [0.29, 0.717) is 18.5 Å². The highest BCUT2D eigenvalue weighted by Gasteiger charge is 2.41. The molecule has 0 aliphatic heterocycles. The monoisotopic (exact) mass is 227 g/mol. The number of hydrogen-bond donors (Lipinski definition) is 1. The number of ether oxygens (including phenoxy) is 1. The van der Waals surface area contributed by atoms with Gasteiger partial charge >= 0.3 is 0 Å². The van der Waals surface area contributed by atoms with Crippen molar-refractivity contribution >= 4 is 0 Å². The maximum absolute atomic E-state index is 13.4. The first-order valence-corrected chi connectivity index (χ1v) is 5.33. The lowest BCUT2D eigenvalue weighted by atomic mass is 9.96. The topological polar surface area (TPSA) is 35.2 Å². The number of nitrogens with two attached hydrogens (primary N) is 1. The fourth-order valence-electron chi connectivity index (χ4n) is 1.97. The molecule has 1 aromatic carbocycles. The third kappa shape index (κ3) is 1.89. The normalized spacial score (nSPS) is 17.2. The van der Waals surface area contributed by atoms with Crippen LogP contribution in [-0.4, -0.2) is 13.7 Å². The maximum atomic E-state index is 13.4. The minimum Gasteiger partial charge on any atom is -0.493 e. The van der Waals surface area contributed by atoms with Crippen molar-refractivity contribution in [2.24, 2.45) is 11.1 Å². The van der Waals surface area contributed by atoms with E-state index in [1.165, 1.54) is 7.11 Å². The second kappa shape index (κ2) is 4.01. The van der Waals surface area contributed by atoms with Crippen molar-refractivity contribution in [3.05, 3.63) is 29.3 Å². The quantitative estimate of drug-likeness (QED) is 0.856. The zero-order valence-electron chi connectivity index (χ0n) is 9.22. The van der Waals surface area contributed by atoms with E-state index >= 15 is 0 Å². The Balaban J connectivity index is 2.30. The van der Waals surface area contributed by atoms with Crippen LogP contribution in [0.5, 0.6) is 5.75 Å². The van der Waals surface area contributed by atoms with Gasteiger partial charge in [0.1, 0.15) is 0 Å². The van der Waals surface area contributed by atoms with Crippen LogP contribution in [0.25, 0.3) is 0 Å². The molecule has 2 N–H and O–H groups in total. The standard InChI is InChI=1S/C12H15F2NO/c1-16-11-8(2-3-9(13)10(11)14)6-12(7-15)4-5-12/h2-3H,4-7,15H2,1H3. The molecular weight excluding hydrogens is 212 g/mol. The van der Waals surface area contributed by atoms with Gasteiger partial charge < -0.3 is 10.5 Å². The van der Waals surface area contributed by atoms with Crippen molar-refractivity contribution in [2.75, 3.05) is 13.7 Å². The van der Waals surface area contributed by atoms with Crippen LogP contribution in [0.1, 0.15) is 18.4 Å². The molecule has 0 atom stereocenters. The molecule has 16 heavy (non-hydrogen) atoms. The lowest BCUT2D eigenvalue weighted by molar-refractivity contribution is 0.362. The van der Waals surface area contributed by atoms with Crippen LogP contribution in [0.4, 0.5) is 8.78 Å². The van der Waals surface area contributed by atoms with Crippen molar-refractivity contribution < 1.29 is 13.5 Å². The van der Waals surface area contributed by atoms with Crippen molar-refractivity contribution in [1.29, 1.82) is 0 Å². The third-order valence-corrected chi connectivity index (χ3v) is 3.29. The zero-order chi connectivity index (χ0) is 11.8. The Morgan fingerprint density at radius 3 is 2.56 bits per heavy atom. The molecular formula is C12H15F2NO. The summed E-state index contributed by atoms with van der Waals surface area (Å²) in [6, 6.07) is 2.72. The van der Waals surface area contributed by atoms with E-state index < -0.39 is 11.6 Å². The lowest BCUT2D eigenvalue weighted by Crippen LogP contribution is -2.18. The number of rotatable bonds is 4. The van der Waals surface area contributed by atoms with Gasteiger partial charge in [-0.2, -0.15) is 4.39 Å². The van der Waals surface area contributed by atoms with Crippen LogP contribution in [0.2, 0.25) is 0 Å². The van der Waals surface area contributed by atoms with E-state index in [1.807, 2.05) is 0 Å². The Hall–Kier alpha value is -1.16. The lowest BCUT2D eigenvalue weighted by Gasteiger charge is -2.15. The molecule has 88 valence electrons. The summed E-state index contributed by atoms with van der Waals surface area (Å²) in [6.07, 6.45) is 2.75. The molecule has 4 heteroatoms. The van der Waals surface area contributed by atoms with Crippen LogP contribution < -0.4 is 10.5 Å². The van der Waals surface area contributed by atoms with Gasteiger partial charge in [0.15, 0.2) is 11.6 Å². The summed E-state index contributed by atoms with van der Waals surface area (Å²) in [5.41, 5.74) is 6.45. The maximum Gasteiger partial charge on any atom is 0.200 e. The Bertz CT molecular complexity index is 402. The predicted molar refractivity (Wildman–Crippen MR) is 57.3 cm³/mol. The van der Waals surface area contributed by atoms with E-state index in [2.05, 4.69) is 0 Å². The molecule has 0 spiro atoms. The summed E-state index contributed by atoms with van der Waals surface area (Å²) < 4.78 is 31.3. The summed E-state index contributed by atoms with van der Waals surface area (Å²) in [5.74, 6) is -1.77. The molecule has 0 unspecified atom stereocenters. The molecule has 1 aromatic rings. The van der Waals surface area contributed by atoms with Crippen LogP contribution in [0.15, 0.2) is 12.1 Å². The van der Waals surface area contributed by atoms with E-state index in [9.17, 15) is 8.78 Å². The van der Waals surface area contributed by atoms with Crippen molar-refractivity contribution in [3.63, 3.8) is 0 Å². The van der Waals surface area contributed by atoms with Crippen molar-refractivity contribution in [1.82, 2.24) is 0 Å². The molecule has 0 aromatic heterocycles. The molecule has 1 aliphatic carbocycles. The second-order valence-electron chi connectivity index (χ2n) is 4.43. The Morgan fingerprint density at radius 2 is 2.06 bits per heavy atom. The van der Waals surface area contributed by atoms with E-state index in [-0.39, 0.29) is 11.2 Å². The van der Waals surface area contributed by atoms with Crippen molar-refractivity contribution in [3.8, 4) is 5.75 Å². The van der Waals surface area contributed by atoms with Gasteiger partial charge in [0, 0.05) is 0 Å². The molecule has 1 aliphatic rings. The second-order valence-corrected chi connectivity index (χ2v) is 4.43. The predicted octanol–water partition coefficient (Wildman–Crippen LogP) is 2.25. The van der Waals surface area contributed by atoms with Gasteiger partial charge in [0.25, 0.3) is 0 Å². The van der Waals surface area contributed by atoms with Gasteiger partial charge in [-0.1, -0.05) is 6.07 Å². The fraction of sp³-hybridized carbons (Fsp3) is 0.500. The summed E-state index contributed by atoms with van der Waals surface area (Å²) in [7, 11) is 1.35. The summed E-state index contributed by atoms with van der Waals surface area (Å²) in [4.78, 5) is 0. The number of halogens is 2. The molecule has 0 amide bonds. The van der Waals surface area contributed by atoms with Crippen LogP contribution in [0, 0.1) is 17.0 Å². The largest absolute Gasteiger partial charge is 0.493 e. The van der Waals surface area contributed by atoms with Crippen LogP contribution >= 0.6 is 0 Å². The molecule has 1 fully saturated rings. The van der Waals surface area contributed by atoms with E-state index in [0.717, 1.165) is 18.9 Å². The highest BCUT2D eigenvalue weighted by atomic mass is 19.2. The van der Waals surface area contributed by atoms with Crippen LogP contribution in [-0.2, 0) is 6.42 Å². The molecule has 0 heterocycles. The van der Waals surface area contributed by atoms with E-state index in [1.54, 1.807) is 6.07 Å². The first kappa shape index (κ1) is 11.3. The average molecular weight is 227 g/mol. The number of benzene rings is 1. The number of methoxy groups -OCH3 is 1. The van der Waals surface area contributed by atoms with Gasteiger partial charge in [-0.25, -0.2) is 4.39 Å². The van der Waals surface area contributed by atoms with Crippen molar-refractivity contribution in [2.45, 2.75) is 19.3 Å². The first-order chi connectivity index (χ1) is 7.62. The Kier molecular flexibility index (Phi) is 2.84. The smallest absolute Gasteiger partial charge is 0.200 e. The Labute approximate surface area is 93.4 Å². The van der Waals surface area contributed by atoms with E-state index in [4.69, 9.17) is 10.5 Å². The van der Waals surface area contributed by atoms with Gasteiger partial charge in [-0.3, -0.25) is 0 Å². The zero-order valence-corrected chi connectivity index (χ0v) is 9.22. The SMILES string of the molecule is COc1c(CC2(CN)CC2)ccc(F)c1F. The summed E-state index contributed by atoms with van der Waals surface area (Å²) in [5, 5.41) is 0. The third-order valence-electron chi connectivity index (χ3n) is 3.29. The van der Waals surface area contributed by atoms with Gasteiger partial charge in [0.05, 0.1) is 7.11 Å². The minimum atomic E-state index is -0.909.